The highest BCUT2D eigenvalue weighted by Gasteiger charge is 2.10. The van der Waals surface area contributed by atoms with E-state index in [4.69, 9.17) is 0 Å². The largest absolute Gasteiger partial charge is 0.341 e. The maximum absolute atomic E-state index is 13.7. The number of nitrogens with zero attached hydrogens (tertiary/aromatic N) is 3. The first-order chi connectivity index (χ1) is 10.0. The monoisotopic (exact) mass is 292 g/mol. The van der Waals surface area contributed by atoms with Crippen LogP contribution in [0.1, 0.15) is 19.5 Å². The molecule has 0 amide bonds. The normalized spacial score (nSPS) is 10.5. The highest BCUT2D eigenvalue weighted by Crippen LogP contribution is 2.21. The van der Waals surface area contributed by atoms with Crippen molar-refractivity contribution in [1.29, 1.82) is 0 Å². The number of nitrogens with one attached hydrogen (secondary N) is 1. The van der Waals surface area contributed by atoms with Gasteiger partial charge in [-0.25, -0.2) is 13.8 Å². The third-order valence-corrected chi connectivity index (χ3v) is 3.08. The molecule has 21 heavy (non-hydrogen) atoms. The summed E-state index contributed by atoms with van der Waals surface area (Å²) in [6.07, 6.45) is 0. The predicted octanol–water partition coefficient (Wildman–Crippen LogP) is 3.65. The van der Waals surface area contributed by atoms with E-state index in [9.17, 15) is 8.78 Å². The van der Waals surface area contributed by atoms with Gasteiger partial charge < -0.3 is 10.2 Å². The van der Waals surface area contributed by atoms with Crippen molar-refractivity contribution in [3.8, 4) is 0 Å². The van der Waals surface area contributed by atoms with Gasteiger partial charge in [-0.15, -0.1) is 0 Å². The van der Waals surface area contributed by atoms with Crippen LogP contribution in [0.4, 0.5) is 26.2 Å². The van der Waals surface area contributed by atoms with Gasteiger partial charge in [-0.2, -0.15) is 4.98 Å². The van der Waals surface area contributed by atoms with Crippen LogP contribution in [0.2, 0.25) is 0 Å². The maximum atomic E-state index is 13.7. The summed E-state index contributed by atoms with van der Waals surface area (Å²) in [6.45, 7) is 7.44. The van der Waals surface area contributed by atoms with E-state index in [2.05, 4.69) is 15.3 Å². The minimum atomic E-state index is -0.657. The number of halogens is 2. The average Bonchev–Trinajstić information content (AvgIpc) is 2.43. The minimum absolute atomic E-state index is 0.181. The Morgan fingerprint density at radius 3 is 2.43 bits per heavy atom. The fraction of sp³-hybridized carbons (Fsp3) is 0.333. The van der Waals surface area contributed by atoms with Crippen molar-refractivity contribution in [2.45, 2.75) is 20.8 Å². The number of aromatic nitrogens is 2. The molecule has 0 saturated heterocycles. The molecule has 112 valence electrons. The molecule has 0 radical (unpaired) electrons. The summed E-state index contributed by atoms with van der Waals surface area (Å²) in [6, 6.07) is 5.10. The van der Waals surface area contributed by atoms with Gasteiger partial charge in [-0.05, 0) is 32.9 Å². The molecular formula is C15H18F2N4. The number of hydrogen-bond acceptors (Lipinski definition) is 4. The Hall–Kier alpha value is -2.24. The fourth-order valence-corrected chi connectivity index (χ4v) is 1.99. The summed E-state index contributed by atoms with van der Waals surface area (Å²) in [5.41, 5.74) is 0.955. The summed E-state index contributed by atoms with van der Waals surface area (Å²) in [4.78, 5) is 10.8. The zero-order valence-corrected chi connectivity index (χ0v) is 12.3. The standard InChI is InChI=1S/C15H18F2N4/c1-4-21(5-2)15-18-10(3)8-14(20-15)19-13-7-6-11(16)9-12(13)17/h6-9H,4-5H2,1-3H3,(H,18,19,20). The van der Waals surface area contributed by atoms with Gasteiger partial charge in [0.05, 0.1) is 5.69 Å². The SMILES string of the molecule is CCN(CC)c1nc(C)cc(Nc2ccc(F)cc2F)n1. The Labute approximate surface area is 122 Å². The van der Waals surface area contributed by atoms with E-state index in [0.717, 1.165) is 24.8 Å². The van der Waals surface area contributed by atoms with E-state index in [1.54, 1.807) is 6.07 Å². The van der Waals surface area contributed by atoms with E-state index >= 15 is 0 Å². The van der Waals surface area contributed by atoms with Gasteiger partial charge in [0, 0.05) is 30.9 Å². The van der Waals surface area contributed by atoms with Gasteiger partial charge in [0.1, 0.15) is 17.5 Å². The first kappa shape index (κ1) is 15.2. The van der Waals surface area contributed by atoms with Crippen molar-refractivity contribution in [3.63, 3.8) is 0 Å². The average molecular weight is 292 g/mol. The number of hydrogen-bond donors (Lipinski definition) is 1. The number of rotatable bonds is 5. The van der Waals surface area contributed by atoms with E-state index in [-0.39, 0.29) is 5.69 Å². The molecular weight excluding hydrogens is 274 g/mol. The summed E-state index contributed by atoms with van der Waals surface area (Å²) >= 11 is 0. The molecule has 1 heterocycles. The lowest BCUT2D eigenvalue weighted by atomic mass is 10.3. The van der Waals surface area contributed by atoms with E-state index in [1.807, 2.05) is 25.7 Å². The molecule has 1 aromatic heterocycles. The number of anilines is 3. The second kappa shape index (κ2) is 6.47. The van der Waals surface area contributed by atoms with Gasteiger partial charge in [-0.1, -0.05) is 0 Å². The van der Waals surface area contributed by atoms with Crippen LogP contribution in [0.5, 0.6) is 0 Å². The van der Waals surface area contributed by atoms with Gasteiger partial charge in [-0.3, -0.25) is 0 Å². The van der Waals surface area contributed by atoms with Crippen LogP contribution < -0.4 is 10.2 Å². The molecule has 0 aliphatic heterocycles. The molecule has 2 rings (SSSR count). The van der Waals surface area contributed by atoms with Crippen LogP contribution >= 0.6 is 0 Å². The van der Waals surface area contributed by atoms with Crippen molar-refractivity contribution in [1.82, 2.24) is 9.97 Å². The molecule has 0 spiro atoms. The molecule has 2 aromatic rings. The molecule has 0 bridgehead atoms. The van der Waals surface area contributed by atoms with E-state index < -0.39 is 11.6 Å². The van der Waals surface area contributed by atoms with Crippen LogP contribution in [0, 0.1) is 18.6 Å². The van der Waals surface area contributed by atoms with Crippen molar-refractivity contribution < 1.29 is 8.78 Å². The van der Waals surface area contributed by atoms with Crippen LogP contribution in [0.15, 0.2) is 24.3 Å². The van der Waals surface area contributed by atoms with Crippen molar-refractivity contribution in [2.75, 3.05) is 23.3 Å². The molecule has 0 saturated carbocycles. The molecule has 1 aromatic carbocycles. The minimum Gasteiger partial charge on any atom is -0.341 e. The van der Waals surface area contributed by atoms with Crippen molar-refractivity contribution >= 4 is 17.5 Å². The first-order valence-corrected chi connectivity index (χ1v) is 6.86. The van der Waals surface area contributed by atoms with Gasteiger partial charge in [0.25, 0.3) is 0 Å². The van der Waals surface area contributed by atoms with E-state index in [1.165, 1.54) is 12.1 Å². The first-order valence-electron chi connectivity index (χ1n) is 6.86. The van der Waals surface area contributed by atoms with Crippen LogP contribution in [-0.4, -0.2) is 23.1 Å². The summed E-state index contributed by atoms with van der Waals surface area (Å²) in [5.74, 6) is -0.198. The quantitative estimate of drug-likeness (QED) is 0.913. The molecule has 0 unspecified atom stereocenters. The van der Waals surface area contributed by atoms with Gasteiger partial charge >= 0.3 is 0 Å². The smallest absolute Gasteiger partial charge is 0.227 e. The van der Waals surface area contributed by atoms with Crippen molar-refractivity contribution in [2.24, 2.45) is 0 Å². The van der Waals surface area contributed by atoms with Crippen LogP contribution in [-0.2, 0) is 0 Å². The van der Waals surface area contributed by atoms with E-state index in [0.29, 0.717) is 11.8 Å². The maximum Gasteiger partial charge on any atom is 0.227 e. The van der Waals surface area contributed by atoms with Gasteiger partial charge in [0.2, 0.25) is 5.95 Å². The molecule has 0 aliphatic carbocycles. The second-order valence-electron chi connectivity index (χ2n) is 4.62. The number of aryl methyl sites for hydroxylation is 1. The highest BCUT2D eigenvalue weighted by atomic mass is 19.1. The Morgan fingerprint density at radius 2 is 1.81 bits per heavy atom. The molecule has 6 heteroatoms. The summed E-state index contributed by atoms with van der Waals surface area (Å²) in [7, 11) is 0. The summed E-state index contributed by atoms with van der Waals surface area (Å²) < 4.78 is 26.6. The zero-order chi connectivity index (χ0) is 15.4. The fourth-order valence-electron chi connectivity index (χ4n) is 1.99. The van der Waals surface area contributed by atoms with Crippen LogP contribution in [0.3, 0.4) is 0 Å². The zero-order valence-electron chi connectivity index (χ0n) is 12.3. The lowest BCUT2D eigenvalue weighted by Gasteiger charge is -2.19. The lowest BCUT2D eigenvalue weighted by Crippen LogP contribution is -2.24. The van der Waals surface area contributed by atoms with Crippen LogP contribution in [0.25, 0.3) is 0 Å². The van der Waals surface area contributed by atoms with Gasteiger partial charge in [0.15, 0.2) is 0 Å². The number of benzene rings is 1. The predicted molar refractivity (Wildman–Crippen MR) is 80.0 cm³/mol. The third-order valence-electron chi connectivity index (χ3n) is 3.08. The molecule has 0 aliphatic rings. The van der Waals surface area contributed by atoms with Crippen molar-refractivity contribution in [3.05, 3.63) is 41.6 Å². The highest BCUT2D eigenvalue weighted by molar-refractivity contribution is 5.58. The topological polar surface area (TPSA) is 41.1 Å². The second-order valence-corrected chi connectivity index (χ2v) is 4.62. The third kappa shape index (κ3) is 3.65. The summed E-state index contributed by atoms with van der Waals surface area (Å²) in [5, 5.41) is 2.86. The Kier molecular flexibility index (Phi) is 4.67. The Morgan fingerprint density at radius 1 is 1.10 bits per heavy atom. The molecule has 0 atom stereocenters. The molecule has 4 nitrogen and oxygen atoms in total. The Balaban J connectivity index is 2.31. The molecule has 1 N–H and O–H groups in total. The Bertz CT molecular complexity index is 627. The lowest BCUT2D eigenvalue weighted by molar-refractivity contribution is 0.586. The molecule has 0 fully saturated rings.